The van der Waals surface area contributed by atoms with Gasteiger partial charge < -0.3 is 5.11 Å². The summed E-state index contributed by atoms with van der Waals surface area (Å²) in [7, 11) is -3.77. The van der Waals surface area contributed by atoms with Crippen molar-refractivity contribution in [3.05, 3.63) is 63.9 Å². The van der Waals surface area contributed by atoms with Gasteiger partial charge in [0.1, 0.15) is 5.75 Å². The number of nitrogens with zero attached hydrogens (tertiary/aromatic N) is 1. The number of rotatable bonds is 3. The fourth-order valence-electron chi connectivity index (χ4n) is 3.41. The number of aromatic hydroxyl groups is 1. The quantitative estimate of drug-likeness (QED) is 0.570. The lowest BCUT2D eigenvalue weighted by atomic mass is 9.93. The first-order chi connectivity index (χ1) is 12.4. The maximum absolute atomic E-state index is 13.5. The topological polar surface area (TPSA) is 57.6 Å². The van der Waals surface area contributed by atoms with Gasteiger partial charge in [0, 0.05) is 0 Å². The van der Waals surface area contributed by atoms with Crippen LogP contribution in [0.4, 0.5) is 5.69 Å². The third-order valence-electron chi connectivity index (χ3n) is 4.55. The highest BCUT2D eigenvalue weighted by atomic mass is 79.9. The number of fused-ring (bicyclic) bond motifs is 3. The molecule has 7 heteroatoms. The summed E-state index contributed by atoms with van der Waals surface area (Å²) in [4.78, 5) is 1.11. The van der Waals surface area contributed by atoms with Crippen molar-refractivity contribution in [2.24, 2.45) is 0 Å². The highest BCUT2D eigenvalue weighted by molar-refractivity contribution is 9.11. The number of sulfonamides is 1. The molecule has 1 atom stereocenters. The second kappa shape index (κ2) is 6.40. The number of anilines is 1. The molecule has 0 fully saturated rings. The van der Waals surface area contributed by atoms with Gasteiger partial charge >= 0.3 is 0 Å². The summed E-state index contributed by atoms with van der Waals surface area (Å²) in [6.45, 7) is 1.99. The Hall–Kier alpha value is -1.83. The van der Waals surface area contributed by atoms with Crippen LogP contribution in [0, 0.1) is 0 Å². The lowest BCUT2D eigenvalue weighted by Gasteiger charge is -2.37. The summed E-state index contributed by atoms with van der Waals surface area (Å²) in [6, 6.07) is 15.2. The maximum Gasteiger partial charge on any atom is 0.264 e. The van der Waals surface area contributed by atoms with E-state index in [1.54, 1.807) is 0 Å². The van der Waals surface area contributed by atoms with Crippen LogP contribution in [0.25, 0.3) is 10.4 Å². The summed E-state index contributed by atoms with van der Waals surface area (Å²) in [6.07, 6.45) is 0.654. The van der Waals surface area contributed by atoms with Gasteiger partial charge in [0.25, 0.3) is 10.0 Å². The molecule has 1 unspecified atom stereocenters. The molecule has 1 aromatic heterocycles. The lowest BCUT2D eigenvalue weighted by Crippen LogP contribution is -2.36. The highest BCUT2D eigenvalue weighted by Gasteiger charge is 2.39. The van der Waals surface area contributed by atoms with Gasteiger partial charge in [-0.2, -0.15) is 0 Å². The third-order valence-corrected chi connectivity index (χ3v) is 8.05. The summed E-state index contributed by atoms with van der Waals surface area (Å²) >= 11 is 5.04. The van der Waals surface area contributed by atoms with Crippen molar-refractivity contribution in [1.82, 2.24) is 0 Å². The molecule has 0 spiro atoms. The average Bonchev–Trinajstić information content (AvgIpc) is 3.01. The number of thiophene rings is 1. The van der Waals surface area contributed by atoms with Crippen molar-refractivity contribution < 1.29 is 13.5 Å². The molecule has 0 aliphatic carbocycles. The molecule has 0 saturated carbocycles. The standard InChI is InChI=1S/C19H16BrNO3S2/c1-2-16-14-5-3-4-6-15(14)19-17(11-18(20)25-19)21(16)26(23,24)13-9-7-12(22)8-10-13/h3-11,16,22H,2H2,1H3. The van der Waals surface area contributed by atoms with Crippen molar-refractivity contribution >= 4 is 43.0 Å². The van der Waals surface area contributed by atoms with Crippen LogP contribution in [0.5, 0.6) is 5.75 Å². The molecule has 134 valence electrons. The molecule has 1 aliphatic heterocycles. The Morgan fingerprint density at radius 3 is 2.54 bits per heavy atom. The normalized spacial score (nSPS) is 16.2. The predicted molar refractivity (Wildman–Crippen MR) is 108 cm³/mol. The zero-order valence-electron chi connectivity index (χ0n) is 13.9. The van der Waals surface area contributed by atoms with Crippen molar-refractivity contribution in [2.75, 3.05) is 4.31 Å². The predicted octanol–water partition coefficient (Wildman–Crippen LogP) is 5.54. The van der Waals surface area contributed by atoms with Crippen molar-refractivity contribution in [3.8, 4) is 16.2 Å². The van der Waals surface area contributed by atoms with Crippen LogP contribution in [0.2, 0.25) is 0 Å². The van der Waals surface area contributed by atoms with E-state index in [-0.39, 0.29) is 16.7 Å². The van der Waals surface area contributed by atoms with Crippen LogP contribution >= 0.6 is 27.3 Å². The summed E-state index contributed by atoms with van der Waals surface area (Å²) in [5.74, 6) is 0.0407. The van der Waals surface area contributed by atoms with Crippen LogP contribution in [0.1, 0.15) is 24.9 Å². The molecular formula is C19H16BrNO3S2. The molecular weight excluding hydrogens is 434 g/mol. The molecule has 26 heavy (non-hydrogen) atoms. The highest BCUT2D eigenvalue weighted by Crippen LogP contribution is 2.52. The Kier molecular flexibility index (Phi) is 4.33. The molecule has 1 N–H and O–H groups in total. The SMILES string of the molecule is CCC1c2ccccc2-c2sc(Br)cc2N1S(=O)(=O)c1ccc(O)cc1. The summed E-state index contributed by atoms with van der Waals surface area (Å²) in [5.41, 5.74) is 2.79. The first-order valence-electron chi connectivity index (χ1n) is 8.15. The molecule has 0 radical (unpaired) electrons. The van der Waals surface area contributed by atoms with Crippen LogP contribution in [-0.2, 0) is 10.0 Å². The number of hydrogen-bond acceptors (Lipinski definition) is 4. The van der Waals surface area contributed by atoms with Gasteiger partial charge in [-0.1, -0.05) is 31.2 Å². The van der Waals surface area contributed by atoms with Gasteiger partial charge in [0.15, 0.2) is 0 Å². The van der Waals surface area contributed by atoms with E-state index in [0.717, 1.165) is 19.8 Å². The minimum atomic E-state index is -3.77. The van der Waals surface area contributed by atoms with Gasteiger partial charge in [-0.15, -0.1) is 11.3 Å². The van der Waals surface area contributed by atoms with Gasteiger partial charge in [0.05, 0.1) is 25.3 Å². The second-order valence-corrected chi connectivity index (χ2v) is 10.3. The Morgan fingerprint density at radius 2 is 1.85 bits per heavy atom. The minimum absolute atomic E-state index is 0.0407. The summed E-state index contributed by atoms with van der Waals surface area (Å²) < 4.78 is 29.4. The molecule has 4 nitrogen and oxygen atoms in total. The average molecular weight is 450 g/mol. The van der Waals surface area contributed by atoms with Crippen LogP contribution < -0.4 is 4.31 Å². The van der Waals surface area contributed by atoms with E-state index in [0.29, 0.717) is 12.1 Å². The second-order valence-electron chi connectivity index (χ2n) is 6.07. The Balaban J connectivity index is 1.97. The number of hydrogen-bond donors (Lipinski definition) is 1. The van der Waals surface area contributed by atoms with Gasteiger partial charge in [-0.05, 0) is 63.8 Å². The number of halogens is 1. The number of benzene rings is 2. The fraction of sp³-hybridized carbons (Fsp3) is 0.158. The summed E-state index contributed by atoms with van der Waals surface area (Å²) in [5, 5.41) is 9.51. The molecule has 2 aromatic carbocycles. The number of phenols is 1. The van der Waals surface area contributed by atoms with E-state index in [9.17, 15) is 13.5 Å². The Morgan fingerprint density at radius 1 is 1.15 bits per heavy atom. The van der Waals surface area contributed by atoms with Crippen molar-refractivity contribution in [3.63, 3.8) is 0 Å². The molecule has 2 heterocycles. The zero-order valence-corrected chi connectivity index (χ0v) is 17.1. The van der Waals surface area contributed by atoms with E-state index in [4.69, 9.17) is 0 Å². The van der Waals surface area contributed by atoms with Gasteiger partial charge in [-0.25, -0.2) is 8.42 Å². The lowest BCUT2D eigenvalue weighted by molar-refractivity contribution is 0.474. The molecule has 1 aliphatic rings. The van der Waals surface area contributed by atoms with Crippen LogP contribution in [0.15, 0.2) is 63.3 Å². The first-order valence-corrected chi connectivity index (χ1v) is 11.2. The molecule has 4 rings (SSSR count). The third kappa shape index (κ3) is 2.66. The molecule has 0 bridgehead atoms. The van der Waals surface area contributed by atoms with E-state index < -0.39 is 10.0 Å². The van der Waals surface area contributed by atoms with E-state index >= 15 is 0 Å². The van der Waals surface area contributed by atoms with Crippen LogP contribution in [0.3, 0.4) is 0 Å². The van der Waals surface area contributed by atoms with Gasteiger partial charge in [0.2, 0.25) is 0 Å². The van der Waals surface area contributed by atoms with E-state index in [1.807, 2.05) is 37.3 Å². The zero-order chi connectivity index (χ0) is 18.5. The Labute approximate surface area is 164 Å². The van der Waals surface area contributed by atoms with Gasteiger partial charge in [-0.3, -0.25) is 4.31 Å². The number of phenolic OH excluding ortho intramolecular Hbond substituents is 1. The van der Waals surface area contributed by atoms with Crippen LogP contribution in [-0.4, -0.2) is 13.5 Å². The largest absolute Gasteiger partial charge is 0.508 e. The van der Waals surface area contributed by atoms with E-state index in [2.05, 4.69) is 15.9 Å². The molecule has 3 aromatic rings. The fourth-order valence-corrected chi connectivity index (χ4v) is 6.80. The monoisotopic (exact) mass is 449 g/mol. The van der Waals surface area contributed by atoms with E-state index in [1.165, 1.54) is 39.9 Å². The first kappa shape index (κ1) is 17.6. The molecule has 0 amide bonds. The van der Waals surface area contributed by atoms with Crippen molar-refractivity contribution in [2.45, 2.75) is 24.3 Å². The molecule has 0 saturated heterocycles. The minimum Gasteiger partial charge on any atom is -0.508 e. The maximum atomic E-state index is 13.5. The Bertz CT molecular complexity index is 1070. The smallest absolute Gasteiger partial charge is 0.264 e. The van der Waals surface area contributed by atoms with Crippen molar-refractivity contribution in [1.29, 1.82) is 0 Å².